The summed E-state index contributed by atoms with van der Waals surface area (Å²) in [6.45, 7) is 3.33. The molecule has 0 radical (unpaired) electrons. The predicted octanol–water partition coefficient (Wildman–Crippen LogP) is 2.50. The molecule has 2 heterocycles. The lowest BCUT2D eigenvalue weighted by molar-refractivity contribution is 0.710. The van der Waals surface area contributed by atoms with Gasteiger partial charge in [0.1, 0.15) is 0 Å². The minimum Gasteiger partial charge on any atom is -0.384 e. The molecule has 1 aromatic rings. The van der Waals surface area contributed by atoms with Gasteiger partial charge in [-0.2, -0.15) is 0 Å². The number of fused-ring (bicyclic) bond motifs is 2. The van der Waals surface area contributed by atoms with Gasteiger partial charge >= 0.3 is 0 Å². The maximum Gasteiger partial charge on any atom is 0.0520 e. The van der Waals surface area contributed by atoms with E-state index in [0.717, 1.165) is 26.1 Å². The third-order valence-electron chi connectivity index (χ3n) is 3.59. The molecule has 86 valence electrons. The maximum atomic E-state index is 3.80. The van der Waals surface area contributed by atoms with E-state index in [0.29, 0.717) is 0 Å². The first kappa shape index (κ1) is 10.6. The van der Waals surface area contributed by atoms with Crippen LogP contribution in [0.5, 0.6) is 0 Å². The zero-order chi connectivity index (χ0) is 11.0. The molecule has 1 aromatic carbocycles. The summed E-state index contributed by atoms with van der Waals surface area (Å²) in [5.74, 6) is 0. The molecular formula is C13H17BrN2. The van der Waals surface area contributed by atoms with Crippen LogP contribution in [0.15, 0.2) is 10.5 Å². The zero-order valence-electron chi connectivity index (χ0n) is 9.41. The van der Waals surface area contributed by atoms with E-state index in [2.05, 4.69) is 32.6 Å². The molecule has 3 heteroatoms. The summed E-state index contributed by atoms with van der Waals surface area (Å²) in [5, 5.41) is 7.00. The van der Waals surface area contributed by atoms with Gasteiger partial charge in [0.2, 0.25) is 0 Å². The fourth-order valence-corrected chi connectivity index (χ4v) is 3.59. The van der Waals surface area contributed by atoms with Gasteiger partial charge in [0.25, 0.3) is 0 Å². The van der Waals surface area contributed by atoms with Crippen LogP contribution in [0, 0.1) is 0 Å². The van der Waals surface area contributed by atoms with Gasteiger partial charge in [-0.3, -0.25) is 0 Å². The lowest BCUT2D eigenvalue weighted by Gasteiger charge is -2.23. The van der Waals surface area contributed by atoms with E-state index in [-0.39, 0.29) is 0 Å². The molecule has 2 N–H and O–H groups in total. The molecule has 0 saturated heterocycles. The standard InChI is InChI=1S/C13H17BrN2/c14-12-11-4-7-15-6-3-9(11)8-10-2-1-5-16-13(10)12/h8,15-16H,1-7H2. The first-order chi connectivity index (χ1) is 7.86. The largest absolute Gasteiger partial charge is 0.384 e. The van der Waals surface area contributed by atoms with Gasteiger partial charge in [-0.15, -0.1) is 0 Å². The number of nitrogens with one attached hydrogen (secondary N) is 2. The first-order valence-corrected chi connectivity index (χ1v) is 6.93. The van der Waals surface area contributed by atoms with E-state index < -0.39 is 0 Å². The molecule has 0 atom stereocenters. The van der Waals surface area contributed by atoms with Crippen molar-refractivity contribution in [3.8, 4) is 0 Å². The van der Waals surface area contributed by atoms with Gasteiger partial charge in [-0.1, -0.05) is 6.07 Å². The number of hydrogen-bond donors (Lipinski definition) is 2. The molecule has 16 heavy (non-hydrogen) atoms. The van der Waals surface area contributed by atoms with Crippen molar-refractivity contribution in [3.63, 3.8) is 0 Å². The molecule has 0 aliphatic carbocycles. The van der Waals surface area contributed by atoms with Crippen LogP contribution in [0.2, 0.25) is 0 Å². The Bertz CT molecular complexity index is 415. The number of aryl methyl sites for hydroxylation is 1. The quantitative estimate of drug-likeness (QED) is 0.763. The van der Waals surface area contributed by atoms with Gasteiger partial charge < -0.3 is 10.6 Å². The molecule has 0 fully saturated rings. The predicted molar refractivity (Wildman–Crippen MR) is 71.2 cm³/mol. The van der Waals surface area contributed by atoms with Crippen LogP contribution in [-0.2, 0) is 19.3 Å². The summed E-state index contributed by atoms with van der Waals surface area (Å²) in [7, 11) is 0. The van der Waals surface area contributed by atoms with Gasteiger partial charge in [-0.05, 0) is 71.4 Å². The van der Waals surface area contributed by atoms with Crippen LogP contribution in [0.1, 0.15) is 23.1 Å². The van der Waals surface area contributed by atoms with Crippen molar-refractivity contribution in [1.82, 2.24) is 5.32 Å². The third-order valence-corrected chi connectivity index (χ3v) is 4.46. The monoisotopic (exact) mass is 280 g/mol. The van der Waals surface area contributed by atoms with E-state index in [1.165, 1.54) is 40.5 Å². The van der Waals surface area contributed by atoms with Crippen molar-refractivity contribution in [2.45, 2.75) is 25.7 Å². The molecule has 2 aliphatic rings. The molecule has 0 amide bonds. The Morgan fingerprint density at radius 2 is 1.88 bits per heavy atom. The van der Waals surface area contributed by atoms with Gasteiger partial charge in [-0.25, -0.2) is 0 Å². The topological polar surface area (TPSA) is 24.1 Å². The number of anilines is 1. The maximum absolute atomic E-state index is 3.80. The van der Waals surface area contributed by atoms with E-state index in [4.69, 9.17) is 0 Å². The van der Waals surface area contributed by atoms with Crippen molar-refractivity contribution in [2.24, 2.45) is 0 Å². The second-order valence-corrected chi connectivity index (χ2v) is 5.44. The number of hydrogen-bond acceptors (Lipinski definition) is 2. The lowest BCUT2D eigenvalue weighted by atomic mass is 9.94. The van der Waals surface area contributed by atoms with Crippen LogP contribution in [0.3, 0.4) is 0 Å². The number of halogens is 1. The average Bonchev–Trinajstić information content (AvgIpc) is 2.55. The molecule has 2 aliphatic heterocycles. The van der Waals surface area contributed by atoms with Crippen molar-refractivity contribution in [2.75, 3.05) is 25.0 Å². The highest BCUT2D eigenvalue weighted by atomic mass is 79.9. The molecule has 0 bridgehead atoms. The van der Waals surface area contributed by atoms with Crippen LogP contribution in [0.4, 0.5) is 5.69 Å². The highest BCUT2D eigenvalue weighted by molar-refractivity contribution is 9.10. The minimum absolute atomic E-state index is 1.10. The molecule has 0 saturated carbocycles. The summed E-state index contributed by atoms with van der Waals surface area (Å²) >= 11 is 3.80. The molecule has 3 rings (SSSR count). The van der Waals surface area contributed by atoms with Crippen molar-refractivity contribution in [3.05, 3.63) is 27.2 Å². The third kappa shape index (κ3) is 1.76. The van der Waals surface area contributed by atoms with Crippen LogP contribution in [0.25, 0.3) is 0 Å². The van der Waals surface area contributed by atoms with E-state index in [1.54, 1.807) is 5.56 Å². The zero-order valence-corrected chi connectivity index (χ0v) is 11.0. The van der Waals surface area contributed by atoms with Crippen LogP contribution < -0.4 is 10.6 Å². The molecule has 2 nitrogen and oxygen atoms in total. The van der Waals surface area contributed by atoms with E-state index in [9.17, 15) is 0 Å². The fraction of sp³-hybridized carbons (Fsp3) is 0.538. The SMILES string of the molecule is Brc1c2c(cc3c1NCCC3)CCNCC2. The average molecular weight is 281 g/mol. The molecular weight excluding hydrogens is 264 g/mol. The highest BCUT2D eigenvalue weighted by Crippen LogP contribution is 2.36. The summed E-state index contributed by atoms with van der Waals surface area (Å²) in [4.78, 5) is 0. The number of rotatable bonds is 0. The first-order valence-electron chi connectivity index (χ1n) is 6.14. The lowest BCUT2D eigenvalue weighted by Crippen LogP contribution is -2.16. The Kier molecular flexibility index (Phi) is 2.90. The summed E-state index contributed by atoms with van der Waals surface area (Å²) < 4.78 is 1.32. The second kappa shape index (κ2) is 4.38. The van der Waals surface area contributed by atoms with Crippen molar-refractivity contribution in [1.29, 1.82) is 0 Å². The van der Waals surface area contributed by atoms with Crippen LogP contribution in [-0.4, -0.2) is 19.6 Å². The van der Waals surface area contributed by atoms with E-state index in [1.807, 2.05) is 0 Å². The van der Waals surface area contributed by atoms with Gasteiger partial charge in [0.05, 0.1) is 5.69 Å². The van der Waals surface area contributed by atoms with Crippen LogP contribution >= 0.6 is 15.9 Å². The molecule has 0 unspecified atom stereocenters. The second-order valence-electron chi connectivity index (χ2n) is 4.64. The highest BCUT2D eigenvalue weighted by Gasteiger charge is 2.19. The Morgan fingerprint density at radius 1 is 1.00 bits per heavy atom. The minimum atomic E-state index is 1.10. The summed E-state index contributed by atoms with van der Waals surface area (Å²) in [6, 6.07) is 2.43. The Morgan fingerprint density at radius 3 is 2.81 bits per heavy atom. The van der Waals surface area contributed by atoms with Gasteiger partial charge in [0.15, 0.2) is 0 Å². The molecule has 0 aromatic heterocycles. The smallest absolute Gasteiger partial charge is 0.0520 e. The Balaban J connectivity index is 2.12. The van der Waals surface area contributed by atoms with Gasteiger partial charge in [0, 0.05) is 11.0 Å². The normalized spacial score (nSPS) is 19.3. The van der Waals surface area contributed by atoms with E-state index >= 15 is 0 Å². The van der Waals surface area contributed by atoms with Crippen molar-refractivity contribution < 1.29 is 0 Å². The summed E-state index contributed by atoms with van der Waals surface area (Å²) in [6.07, 6.45) is 4.80. The summed E-state index contributed by atoms with van der Waals surface area (Å²) in [5.41, 5.74) is 5.91. The molecule has 0 spiro atoms. The number of benzene rings is 1. The Hall–Kier alpha value is -0.540. The van der Waals surface area contributed by atoms with Crippen molar-refractivity contribution >= 4 is 21.6 Å². The fourth-order valence-electron chi connectivity index (χ4n) is 2.74. The Labute approximate surface area is 105 Å².